The zero-order valence-corrected chi connectivity index (χ0v) is 18.0. The van der Waals surface area contributed by atoms with Crippen molar-refractivity contribution < 1.29 is 9.59 Å². The summed E-state index contributed by atoms with van der Waals surface area (Å²) in [5.74, 6) is -0.0216. The summed E-state index contributed by atoms with van der Waals surface area (Å²) in [6.45, 7) is 7.40. The molecule has 1 aliphatic rings. The van der Waals surface area contributed by atoms with Crippen LogP contribution in [0.1, 0.15) is 36.5 Å². The molecular formula is C23H28ClN3O2. The van der Waals surface area contributed by atoms with Gasteiger partial charge in [0, 0.05) is 19.6 Å². The number of piperidine rings is 1. The monoisotopic (exact) mass is 413 g/mol. The Morgan fingerprint density at radius 2 is 1.93 bits per heavy atom. The first-order chi connectivity index (χ1) is 13.8. The van der Waals surface area contributed by atoms with Crippen LogP contribution in [0.5, 0.6) is 0 Å². The third-order valence-corrected chi connectivity index (χ3v) is 5.91. The third-order valence-electron chi connectivity index (χ3n) is 5.60. The zero-order chi connectivity index (χ0) is 21.0. The quantitative estimate of drug-likeness (QED) is 0.748. The summed E-state index contributed by atoms with van der Waals surface area (Å²) >= 11 is 6.23. The molecule has 0 saturated carbocycles. The smallest absolute Gasteiger partial charge is 0.321 e. The molecule has 1 saturated heterocycles. The van der Waals surface area contributed by atoms with E-state index in [1.54, 1.807) is 11.0 Å². The summed E-state index contributed by atoms with van der Waals surface area (Å²) in [6.07, 6.45) is 1.53. The predicted molar refractivity (Wildman–Crippen MR) is 117 cm³/mol. The van der Waals surface area contributed by atoms with Gasteiger partial charge in [-0.05, 0) is 62.4 Å². The van der Waals surface area contributed by atoms with E-state index >= 15 is 0 Å². The van der Waals surface area contributed by atoms with E-state index in [-0.39, 0.29) is 11.9 Å². The van der Waals surface area contributed by atoms with Gasteiger partial charge in [0.05, 0.1) is 16.1 Å². The lowest BCUT2D eigenvalue weighted by Crippen LogP contribution is -2.52. The first-order valence-corrected chi connectivity index (χ1v) is 10.3. The summed E-state index contributed by atoms with van der Waals surface area (Å²) in [4.78, 5) is 27.4. The van der Waals surface area contributed by atoms with Crippen molar-refractivity contribution in [1.29, 1.82) is 0 Å². The van der Waals surface area contributed by atoms with E-state index in [1.165, 1.54) is 0 Å². The maximum Gasteiger partial charge on any atom is 0.321 e. The molecule has 0 unspecified atom stereocenters. The number of hydrogen-bond acceptors (Lipinski definition) is 2. The summed E-state index contributed by atoms with van der Waals surface area (Å²) in [7, 11) is 0. The molecule has 6 heteroatoms. The van der Waals surface area contributed by atoms with Crippen molar-refractivity contribution in [1.82, 2.24) is 10.2 Å². The number of halogens is 1. The summed E-state index contributed by atoms with van der Waals surface area (Å²) in [5.41, 5.74) is 3.25. The zero-order valence-electron chi connectivity index (χ0n) is 17.2. The molecule has 1 atom stereocenters. The molecular weight excluding hydrogens is 386 g/mol. The SMILES string of the molecule is Cc1ccc(NC(=O)N2CCC[C@@](C)(C(=O)NCc3ccccc3C)C2)c(Cl)c1. The molecule has 5 nitrogen and oxygen atoms in total. The van der Waals surface area contributed by atoms with Gasteiger partial charge in [-0.1, -0.05) is 41.9 Å². The maximum absolute atomic E-state index is 12.9. The number of nitrogens with one attached hydrogen (secondary N) is 2. The highest BCUT2D eigenvalue weighted by Crippen LogP contribution is 2.31. The highest BCUT2D eigenvalue weighted by molar-refractivity contribution is 6.33. The van der Waals surface area contributed by atoms with Gasteiger partial charge in [0.1, 0.15) is 0 Å². The van der Waals surface area contributed by atoms with Crippen molar-refractivity contribution in [2.24, 2.45) is 5.41 Å². The second-order valence-electron chi connectivity index (χ2n) is 8.11. The lowest BCUT2D eigenvalue weighted by Gasteiger charge is -2.39. The number of rotatable bonds is 4. The van der Waals surface area contributed by atoms with Crippen molar-refractivity contribution in [3.63, 3.8) is 0 Å². The van der Waals surface area contributed by atoms with Gasteiger partial charge in [-0.25, -0.2) is 4.79 Å². The van der Waals surface area contributed by atoms with Crippen molar-refractivity contribution in [3.05, 3.63) is 64.2 Å². The van der Waals surface area contributed by atoms with E-state index in [9.17, 15) is 9.59 Å². The topological polar surface area (TPSA) is 61.4 Å². The van der Waals surface area contributed by atoms with Gasteiger partial charge in [0.2, 0.25) is 5.91 Å². The first-order valence-electron chi connectivity index (χ1n) is 9.93. The molecule has 29 heavy (non-hydrogen) atoms. The summed E-state index contributed by atoms with van der Waals surface area (Å²) in [6, 6.07) is 13.3. The number of nitrogens with zero attached hydrogens (tertiary/aromatic N) is 1. The highest BCUT2D eigenvalue weighted by Gasteiger charge is 2.39. The molecule has 0 spiro atoms. The van der Waals surface area contributed by atoms with Crippen LogP contribution in [-0.4, -0.2) is 29.9 Å². The Morgan fingerprint density at radius 1 is 1.17 bits per heavy atom. The molecule has 0 aliphatic carbocycles. The average molecular weight is 414 g/mol. The lowest BCUT2D eigenvalue weighted by atomic mass is 9.81. The van der Waals surface area contributed by atoms with Crippen molar-refractivity contribution in [2.75, 3.05) is 18.4 Å². The predicted octanol–water partition coefficient (Wildman–Crippen LogP) is 4.91. The molecule has 0 aromatic heterocycles. The fourth-order valence-electron chi connectivity index (χ4n) is 3.71. The van der Waals surface area contributed by atoms with Gasteiger partial charge in [-0.2, -0.15) is 0 Å². The van der Waals surface area contributed by atoms with Crippen LogP contribution in [0.2, 0.25) is 5.02 Å². The van der Waals surface area contributed by atoms with E-state index in [1.807, 2.05) is 57.2 Å². The number of hydrogen-bond donors (Lipinski definition) is 2. The molecule has 2 aromatic rings. The van der Waals surface area contributed by atoms with Gasteiger partial charge in [-0.15, -0.1) is 0 Å². The number of urea groups is 1. The van der Waals surface area contributed by atoms with Crippen molar-refractivity contribution in [2.45, 2.75) is 40.2 Å². The molecule has 3 rings (SSSR count). The second kappa shape index (κ2) is 8.87. The molecule has 3 amide bonds. The molecule has 2 aromatic carbocycles. The lowest BCUT2D eigenvalue weighted by molar-refractivity contribution is -0.132. The molecule has 2 N–H and O–H groups in total. The van der Waals surface area contributed by atoms with E-state index in [2.05, 4.69) is 10.6 Å². The Morgan fingerprint density at radius 3 is 2.66 bits per heavy atom. The minimum Gasteiger partial charge on any atom is -0.351 e. The molecule has 0 bridgehead atoms. The minimum atomic E-state index is -0.616. The van der Waals surface area contributed by atoms with Gasteiger partial charge in [-0.3, -0.25) is 4.79 Å². The van der Waals surface area contributed by atoms with Crippen LogP contribution in [-0.2, 0) is 11.3 Å². The van der Waals surface area contributed by atoms with Crippen LogP contribution in [0.4, 0.5) is 10.5 Å². The van der Waals surface area contributed by atoms with Gasteiger partial charge >= 0.3 is 6.03 Å². The Kier molecular flexibility index (Phi) is 6.48. The van der Waals surface area contributed by atoms with Crippen LogP contribution >= 0.6 is 11.6 Å². The Bertz CT molecular complexity index is 915. The Balaban J connectivity index is 1.62. The van der Waals surface area contributed by atoms with Crippen LogP contribution in [0.25, 0.3) is 0 Å². The molecule has 1 aliphatic heterocycles. The second-order valence-corrected chi connectivity index (χ2v) is 8.52. The molecule has 154 valence electrons. The third kappa shape index (κ3) is 5.10. The number of aryl methyl sites for hydroxylation is 2. The van der Waals surface area contributed by atoms with Crippen LogP contribution < -0.4 is 10.6 Å². The van der Waals surface area contributed by atoms with Crippen LogP contribution in [0.15, 0.2) is 42.5 Å². The largest absolute Gasteiger partial charge is 0.351 e. The first kappa shape index (κ1) is 21.2. The molecule has 1 heterocycles. The van der Waals surface area contributed by atoms with E-state index in [0.717, 1.165) is 29.5 Å². The van der Waals surface area contributed by atoms with Crippen LogP contribution in [0.3, 0.4) is 0 Å². The number of likely N-dealkylation sites (tertiary alicyclic amines) is 1. The van der Waals surface area contributed by atoms with Gasteiger partial charge < -0.3 is 15.5 Å². The Labute approximate surface area is 177 Å². The fourth-order valence-corrected chi connectivity index (χ4v) is 3.99. The summed E-state index contributed by atoms with van der Waals surface area (Å²) in [5, 5.41) is 6.44. The standard InChI is InChI=1S/C23H28ClN3O2/c1-16-9-10-20(19(24)13-16)26-22(29)27-12-6-11-23(3,15-27)21(28)25-14-18-8-5-4-7-17(18)2/h4-5,7-10,13H,6,11-12,14-15H2,1-3H3,(H,25,28)(H,26,29)/t23-/m1/s1. The molecule has 1 fully saturated rings. The number of carbonyl (C=O) groups excluding carboxylic acids is 2. The Hall–Kier alpha value is -2.53. The van der Waals surface area contributed by atoms with Gasteiger partial charge in [0.25, 0.3) is 0 Å². The number of amides is 3. The normalized spacial score (nSPS) is 19.0. The highest BCUT2D eigenvalue weighted by atomic mass is 35.5. The van der Waals surface area contributed by atoms with Crippen LogP contribution in [0, 0.1) is 19.3 Å². The molecule has 0 radical (unpaired) electrons. The van der Waals surface area contributed by atoms with Gasteiger partial charge in [0.15, 0.2) is 0 Å². The number of anilines is 1. The van der Waals surface area contributed by atoms with Crippen molar-refractivity contribution in [3.8, 4) is 0 Å². The minimum absolute atomic E-state index is 0.0216. The van der Waals surface area contributed by atoms with E-state index in [0.29, 0.717) is 30.3 Å². The van der Waals surface area contributed by atoms with E-state index < -0.39 is 5.41 Å². The van der Waals surface area contributed by atoms with E-state index in [4.69, 9.17) is 11.6 Å². The van der Waals surface area contributed by atoms with Crippen molar-refractivity contribution >= 4 is 29.2 Å². The number of carbonyl (C=O) groups is 2. The maximum atomic E-state index is 12.9. The summed E-state index contributed by atoms with van der Waals surface area (Å²) < 4.78 is 0. The average Bonchev–Trinajstić information content (AvgIpc) is 2.69. The number of benzene rings is 2. The fraction of sp³-hybridized carbons (Fsp3) is 0.391.